The number of aromatic nitrogens is 3. The second kappa shape index (κ2) is 9.33. The third kappa shape index (κ3) is 5.14. The molecule has 0 unspecified atom stereocenters. The van der Waals surface area contributed by atoms with Crippen molar-refractivity contribution in [2.45, 2.75) is 32.7 Å². The Balaban J connectivity index is 1.78. The molecule has 1 saturated carbocycles. The minimum atomic E-state index is -1.10. The van der Waals surface area contributed by atoms with Gasteiger partial charge in [0.2, 0.25) is 0 Å². The number of hydrogen-bond donors (Lipinski definition) is 4. The van der Waals surface area contributed by atoms with Gasteiger partial charge < -0.3 is 15.7 Å². The maximum Gasteiger partial charge on any atom is 0.337 e. The van der Waals surface area contributed by atoms with Crippen molar-refractivity contribution in [1.82, 2.24) is 25.6 Å². The molecule has 11 heteroatoms. The molecule has 33 heavy (non-hydrogen) atoms. The molecule has 1 fully saturated rings. The van der Waals surface area contributed by atoms with Crippen LogP contribution in [0.4, 0.5) is 10.6 Å². The fourth-order valence-electron chi connectivity index (χ4n) is 3.16. The zero-order valence-electron chi connectivity index (χ0n) is 18.0. The highest BCUT2D eigenvalue weighted by atomic mass is 32.1. The number of hydrogen-bond acceptors (Lipinski definition) is 7. The maximum absolute atomic E-state index is 12.6. The van der Waals surface area contributed by atoms with Gasteiger partial charge in [-0.25, -0.2) is 19.6 Å². The number of anilines is 1. The summed E-state index contributed by atoms with van der Waals surface area (Å²) in [6, 6.07) is 2.96. The van der Waals surface area contributed by atoms with Gasteiger partial charge in [-0.2, -0.15) is 0 Å². The van der Waals surface area contributed by atoms with E-state index in [0.29, 0.717) is 44.6 Å². The van der Waals surface area contributed by atoms with Gasteiger partial charge in [0.05, 0.1) is 11.3 Å². The Labute approximate surface area is 193 Å². The number of urea groups is 1. The number of nitrogens with one attached hydrogen (secondary N) is 3. The average molecular weight is 467 g/mol. The first-order chi connectivity index (χ1) is 15.9. The van der Waals surface area contributed by atoms with E-state index in [4.69, 9.17) is 0 Å². The van der Waals surface area contributed by atoms with Gasteiger partial charge in [-0.05, 0) is 38.8 Å². The van der Waals surface area contributed by atoms with Gasteiger partial charge in [-0.15, -0.1) is 11.3 Å². The fourth-order valence-corrected chi connectivity index (χ4v) is 4.16. The number of rotatable bonds is 7. The molecule has 1 aliphatic carbocycles. The summed E-state index contributed by atoms with van der Waals surface area (Å²) in [6.07, 6.45) is 6.28. The van der Waals surface area contributed by atoms with Crippen LogP contribution in [-0.2, 0) is 0 Å². The Kier molecular flexibility index (Phi) is 6.31. The predicted molar refractivity (Wildman–Crippen MR) is 123 cm³/mol. The zero-order valence-corrected chi connectivity index (χ0v) is 18.8. The van der Waals surface area contributed by atoms with Crippen LogP contribution in [0.15, 0.2) is 30.7 Å². The maximum atomic E-state index is 12.6. The van der Waals surface area contributed by atoms with E-state index in [-0.39, 0.29) is 17.5 Å². The first-order valence-corrected chi connectivity index (χ1v) is 11.2. The standard InChI is InChI=1S/C22H22N6O4S/c1-3-24-22(32)28-17-7-15(16(10-25-17)12-6-13(21(30)31)9-23-8-12)20-26-11(2)18(33-20)19(29)27-14-4-5-14/h6-10,14H,3-5H2,1-2H3,(H,27,29)(H,30,31)(H2,24,25,28,32). The lowest BCUT2D eigenvalue weighted by Gasteiger charge is -2.11. The molecule has 0 aliphatic heterocycles. The van der Waals surface area contributed by atoms with E-state index < -0.39 is 12.0 Å². The Morgan fingerprint density at radius 3 is 2.64 bits per heavy atom. The lowest BCUT2D eigenvalue weighted by atomic mass is 10.0. The first-order valence-electron chi connectivity index (χ1n) is 10.4. The van der Waals surface area contributed by atoms with E-state index in [1.54, 1.807) is 19.9 Å². The lowest BCUT2D eigenvalue weighted by molar-refractivity contribution is 0.0696. The van der Waals surface area contributed by atoms with Crippen LogP contribution in [0.5, 0.6) is 0 Å². The topological polar surface area (TPSA) is 146 Å². The van der Waals surface area contributed by atoms with Gasteiger partial charge in [0.1, 0.15) is 15.7 Å². The molecule has 4 N–H and O–H groups in total. The van der Waals surface area contributed by atoms with Crippen molar-refractivity contribution < 1.29 is 19.5 Å². The highest BCUT2D eigenvalue weighted by Gasteiger charge is 2.26. The van der Waals surface area contributed by atoms with Gasteiger partial charge >= 0.3 is 12.0 Å². The lowest BCUT2D eigenvalue weighted by Crippen LogP contribution is -2.28. The van der Waals surface area contributed by atoms with Crippen LogP contribution in [-0.4, -0.2) is 50.6 Å². The number of carboxylic acid groups (broad SMARTS) is 1. The number of amides is 3. The van der Waals surface area contributed by atoms with Crippen LogP contribution in [0.3, 0.4) is 0 Å². The smallest absolute Gasteiger partial charge is 0.337 e. The second-order valence-corrected chi connectivity index (χ2v) is 8.55. The van der Waals surface area contributed by atoms with Crippen molar-refractivity contribution in [2.24, 2.45) is 0 Å². The SMILES string of the molecule is CCNC(=O)Nc1cc(-c2nc(C)c(C(=O)NC3CC3)s2)c(-c2cncc(C(=O)O)c2)cn1. The summed E-state index contributed by atoms with van der Waals surface area (Å²) in [5, 5.41) is 18.2. The molecule has 4 rings (SSSR count). The summed E-state index contributed by atoms with van der Waals surface area (Å²) < 4.78 is 0. The van der Waals surface area contributed by atoms with E-state index in [2.05, 4.69) is 30.9 Å². The van der Waals surface area contributed by atoms with Crippen LogP contribution < -0.4 is 16.0 Å². The normalized spacial score (nSPS) is 12.8. The third-order valence-corrected chi connectivity index (χ3v) is 6.11. The molecule has 0 bridgehead atoms. The molecule has 0 aromatic carbocycles. The predicted octanol–water partition coefficient (Wildman–Crippen LogP) is 3.31. The molecule has 0 saturated heterocycles. The summed E-state index contributed by atoms with van der Waals surface area (Å²) >= 11 is 1.23. The monoisotopic (exact) mass is 466 g/mol. The van der Waals surface area contributed by atoms with Crippen molar-refractivity contribution in [3.05, 3.63) is 46.9 Å². The minimum Gasteiger partial charge on any atom is -0.478 e. The third-order valence-electron chi connectivity index (χ3n) is 4.92. The first kappa shape index (κ1) is 22.3. The van der Waals surface area contributed by atoms with Crippen molar-refractivity contribution in [2.75, 3.05) is 11.9 Å². The van der Waals surface area contributed by atoms with E-state index in [9.17, 15) is 19.5 Å². The second-order valence-electron chi connectivity index (χ2n) is 7.55. The molecule has 3 aromatic heterocycles. The molecule has 3 heterocycles. The highest BCUT2D eigenvalue weighted by Crippen LogP contribution is 2.37. The van der Waals surface area contributed by atoms with Crippen LogP contribution in [0.2, 0.25) is 0 Å². The number of thiazole rings is 1. The van der Waals surface area contributed by atoms with Gasteiger partial charge in [-0.1, -0.05) is 0 Å². The van der Waals surface area contributed by atoms with Gasteiger partial charge in [-0.3, -0.25) is 15.1 Å². The number of pyridine rings is 2. The highest BCUT2D eigenvalue weighted by molar-refractivity contribution is 7.17. The number of carboxylic acids is 1. The molecule has 1 aliphatic rings. The minimum absolute atomic E-state index is 0.0304. The van der Waals surface area contributed by atoms with Crippen molar-refractivity contribution in [3.63, 3.8) is 0 Å². The summed E-state index contributed by atoms with van der Waals surface area (Å²) in [4.78, 5) is 49.5. The molecule has 10 nitrogen and oxygen atoms in total. The van der Waals surface area contributed by atoms with Crippen LogP contribution in [0, 0.1) is 6.92 Å². The van der Waals surface area contributed by atoms with Crippen molar-refractivity contribution >= 4 is 35.1 Å². The van der Waals surface area contributed by atoms with Gasteiger partial charge in [0.15, 0.2) is 0 Å². The molecular formula is C22H22N6O4S. The number of carbonyl (C=O) groups excluding carboxylic acids is 2. The largest absolute Gasteiger partial charge is 0.478 e. The molecule has 3 amide bonds. The van der Waals surface area contributed by atoms with Crippen LogP contribution >= 0.6 is 11.3 Å². The van der Waals surface area contributed by atoms with Gasteiger partial charge in [0, 0.05) is 47.9 Å². The molecule has 0 radical (unpaired) electrons. The van der Waals surface area contributed by atoms with E-state index >= 15 is 0 Å². The number of aryl methyl sites for hydroxylation is 1. The Hall–Kier alpha value is -3.86. The van der Waals surface area contributed by atoms with Gasteiger partial charge in [0.25, 0.3) is 5.91 Å². The summed E-state index contributed by atoms with van der Waals surface area (Å²) in [7, 11) is 0. The molecule has 3 aromatic rings. The Morgan fingerprint density at radius 2 is 1.94 bits per heavy atom. The van der Waals surface area contributed by atoms with E-state index in [1.807, 2.05) is 0 Å². The average Bonchev–Trinajstić information content (AvgIpc) is 3.51. The zero-order chi connectivity index (χ0) is 23.5. The molecule has 0 spiro atoms. The molecular weight excluding hydrogens is 444 g/mol. The molecule has 170 valence electrons. The quantitative estimate of drug-likeness (QED) is 0.418. The summed E-state index contributed by atoms with van der Waals surface area (Å²) in [5.41, 5.74) is 2.32. The van der Waals surface area contributed by atoms with E-state index in [0.717, 1.165) is 12.8 Å². The summed E-state index contributed by atoms with van der Waals surface area (Å²) in [5.74, 6) is -0.971. The van der Waals surface area contributed by atoms with Crippen LogP contribution in [0.25, 0.3) is 21.7 Å². The number of aromatic carboxylic acids is 1. The van der Waals surface area contributed by atoms with Crippen molar-refractivity contribution in [3.8, 4) is 21.7 Å². The number of carbonyl (C=O) groups is 3. The fraction of sp³-hybridized carbons (Fsp3) is 0.273. The van der Waals surface area contributed by atoms with Crippen LogP contribution in [0.1, 0.15) is 45.5 Å². The Morgan fingerprint density at radius 1 is 1.15 bits per heavy atom. The van der Waals surface area contributed by atoms with E-state index in [1.165, 1.54) is 36.0 Å². The summed E-state index contributed by atoms with van der Waals surface area (Å²) in [6.45, 7) is 4.02. The van der Waals surface area contributed by atoms with Crippen molar-refractivity contribution in [1.29, 1.82) is 0 Å². The Bertz CT molecular complexity index is 1240. The number of nitrogens with zero attached hydrogens (tertiary/aromatic N) is 3. The molecule has 0 atom stereocenters.